The molecule has 0 radical (unpaired) electrons. The number of aryl methyl sites for hydroxylation is 1. The Morgan fingerprint density at radius 3 is 2.32 bits per heavy atom. The zero-order chi connectivity index (χ0) is 16.0. The van der Waals surface area contributed by atoms with Crippen LogP contribution in [0.2, 0.25) is 0 Å². The fraction of sp³-hybridized carbons (Fsp3) is 0.294. The zero-order valence-corrected chi connectivity index (χ0v) is 13.4. The predicted octanol–water partition coefficient (Wildman–Crippen LogP) is 2.02. The standard InChI is InChI=1S/C17H21NO3S/c1-14-7-5-6-10-16(14)13-22(20,21)18-17(12-19)11-15-8-3-2-4-9-15/h2-10,17-19H,11-13H2,1H3. The van der Waals surface area contributed by atoms with Gasteiger partial charge in [-0.3, -0.25) is 0 Å². The number of sulfonamides is 1. The van der Waals surface area contributed by atoms with Gasteiger partial charge in [0.25, 0.3) is 0 Å². The van der Waals surface area contributed by atoms with Crippen molar-refractivity contribution >= 4 is 10.0 Å². The molecule has 0 saturated heterocycles. The maximum atomic E-state index is 12.3. The molecule has 2 aromatic carbocycles. The van der Waals surface area contributed by atoms with E-state index in [2.05, 4.69) is 4.72 Å². The second kappa shape index (κ2) is 7.54. The molecule has 0 heterocycles. The Labute approximate surface area is 131 Å². The number of nitrogens with one attached hydrogen (secondary N) is 1. The lowest BCUT2D eigenvalue weighted by Crippen LogP contribution is -2.39. The van der Waals surface area contributed by atoms with Gasteiger partial charge in [0.05, 0.1) is 12.4 Å². The number of rotatable bonds is 7. The molecule has 22 heavy (non-hydrogen) atoms. The summed E-state index contributed by atoms with van der Waals surface area (Å²) in [6, 6.07) is 16.4. The van der Waals surface area contributed by atoms with E-state index in [1.54, 1.807) is 6.07 Å². The highest BCUT2D eigenvalue weighted by Gasteiger charge is 2.19. The molecule has 2 aromatic rings. The quantitative estimate of drug-likeness (QED) is 0.820. The molecule has 0 aliphatic rings. The average Bonchev–Trinajstić information content (AvgIpc) is 2.49. The minimum Gasteiger partial charge on any atom is -0.395 e. The topological polar surface area (TPSA) is 66.4 Å². The number of aliphatic hydroxyl groups excluding tert-OH is 1. The van der Waals surface area contributed by atoms with Crippen molar-refractivity contribution in [2.45, 2.75) is 25.1 Å². The molecule has 0 aliphatic heterocycles. The van der Waals surface area contributed by atoms with Gasteiger partial charge in [-0.05, 0) is 30.0 Å². The highest BCUT2D eigenvalue weighted by atomic mass is 32.2. The molecule has 0 bridgehead atoms. The van der Waals surface area contributed by atoms with E-state index in [4.69, 9.17) is 0 Å². The summed E-state index contributed by atoms with van der Waals surface area (Å²) in [7, 11) is -3.50. The number of hydrogen-bond acceptors (Lipinski definition) is 3. The molecular formula is C17H21NO3S. The first-order valence-electron chi connectivity index (χ1n) is 7.19. The lowest BCUT2D eigenvalue weighted by molar-refractivity contribution is 0.256. The molecule has 4 nitrogen and oxygen atoms in total. The van der Waals surface area contributed by atoms with Crippen LogP contribution in [-0.2, 0) is 22.2 Å². The second-order valence-electron chi connectivity index (χ2n) is 5.37. The van der Waals surface area contributed by atoms with Gasteiger partial charge in [-0.15, -0.1) is 0 Å². The van der Waals surface area contributed by atoms with E-state index in [0.717, 1.165) is 16.7 Å². The molecule has 0 aromatic heterocycles. The van der Waals surface area contributed by atoms with Gasteiger partial charge in [-0.2, -0.15) is 0 Å². The molecule has 118 valence electrons. The molecular weight excluding hydrogens is 298 g/mol. The van der Waals surface area contributed by atoms with Crippen LogP contribution in [0.5, 0.6) is 0 Å². The maximum Gasteiger partial charge on any atom is 0.216 e. The van der Waals surface area contributed by atoms with Crippen molar-refractivity contribution in [2.75, 3.05) is 6.61 Å². The lowest BCUT2D eigenvalue weighted by Gasteiger charge is -2.17. The molecule has 5 heteroatoms. The Kier molecular flexibility index (Phi) is 5.71. The van der Waals surface area contributed by atoms with Gasteiger partial charge < -0.3 is 5.11 Å². The monoisotopic (exact) mass is 319 g/mol. The largest absolute Gasteiger partial charge is 0.395 e. The Morgan fingerprint density at radius 1 is 1.05 bits per heavy atom. The normalized spacial score (nSPS) is 13.0. The van der Waals surface area contributed by atoms with Crippen LogP contribution in [-0.4, -0.2) is 26.2 Å². The number of hydrogen-bond donors (Lipinski definition) is 2. The van der Waals surface area contributed by atoms with E-state index >= 15 is 0 Å². The van der Waals surface area contributed by atoms with E-state index in [9.17, 15) is 13.5 Å². The van der Waals surface area contributed by atoms with Gasteiger partial charge in [0.2, 0.25) is 10.0 Å². The van der Waals surface area contributed by atoms with Gasteiger partial charge in [0.15, 0.2) is 0 Å². The SMILES string of the molecule is Cc1ccccc1CS(=O)(=O)NC(CO)Cc1ccccc1. The summed E-state index contributed by atoms with van der Waals surface area (Å²) in [4.78, 5) is 0. The van der Waals surface area contributed by atoms with Crippen LogP contribution in [0.3, 0.4) is 0 Å². The molecule has 0 spiro atoms. The van der Waals surface area contributed by atoms with Crippen molar-refractivity contribution in [3.8, 4) is 0 Å². The summed E-state index contributed by atoms with van der Waals surface area (Å²) in [5.74, 6) is -0.0784. The van der Waals surface area contributed by atoms with E-state index in [-0.39, 0.29) is 12.4 Å². The van der Waals surface area contributed by atoms with Crippen molar-refractivity contribution in [1.82, 2.24) is 4.72 Å². The molecule has 2 N–H and O–H groups in total. The second-order valence-corrected chi connectivity index (χ2v) is 7.13. The van der Waals surface area contributed by atoms with Crippen LogP contribution in [0, 0.1) is 6.92 Å². The van der Waals surface area contributed by atoms with Crippen LogP contribution < -0.4 is 4.72 Å². The minimum absolute atomic E-state index is 0.0784. The summed E-state index contributed by atoms with van der Waals surface area (Å²) < 4.78 is 27.2. The fourth-order valence-electron chi connectivity index (χ4n) is 2.31. The van der Waals surface area contributed by atoms with E-state index in [1.165, 1.54) is 0 Å². The summed E-state index contributed by atoms with van der Waals surface area (Å²) in [5, 5.41) is 9.44. The molecule has 0 amide bonds. The van der Waals surface area contributed by atoms with Crippen LogP contribution >= 0.6 is 0 Å². The highest BCUT2D eigenvalue weighted by Crippen LogP contribution is 2.12. The van der Waals surface area contributed by atoms with Gasteiger partial charge in [-0.1, -0.05) is 54.6 Å². The minimum atomic E-state index is -3.50. The van der Waals surface area contributed by atoms with Crippen molar-refractivity contribution in [1.29, 1.82) is 0 Å². The summed E-state index contributed by atoms with van der Waals surface area (Å²) in [5.41, 5.74) is 2.70. The third kappa shape index (κ3) is 4.94. The fourth-order valence-corrected chi connectivity index (χ4v) is 3.80. The van der Waals surface area contributed by atoms with Crippen molar-refractivity contribution < 1.29 is 13.5 Å². The Hall–Kier alpha value is -1.69. The Balaban J connectivity index is 2.04. The lowest BCUT2D eigenvalue weighted by atomic mass is 10.1. The van der Waals surface area contributed by atoms with Crippen molar-refractivity contribution in [2.24, 2.45) is 0 Å². The summed E-state index contributed by atoms with van der Waals surface area (Å²) in [6.07, 6.45) is 0.463. The number of aliphatic hydroxyl groups is 1. The van der Waals surface area contributed by atoms with Gasteiger partial charge in [0.1, 0.15) is 0 Å². The smallest absolute Gasteiger partial charge is 0.216 e. The first-order chi connectivity index (χ1) is 10.5. The first kappa shape index (κ1) is 16.7. The highest BCUT2D eigenvalue weighted by molar-refractivity contribution is 7.88. The van der Waals surface area contributed by atoms with Crippen LogP contribution in [0.4, 0.5) is 0 Å². The molecule has 0 aliphatic carbocycles. The van der Waals surface area contributed by atoms with E-state index < -0.39 is 16.1 Å². The third-order valence-electron chi connectivity index (χ3n) is 3.50. The molecule has 1 atom stereocenters. The molecule has 1 unspecified atom stereocenters. The van der Waals surface area contributed by atoms with Crippen LogP contribution in [0.15, 0.2) is 54.6 Å². The molecule has 0 saturated carbocycles. The van der Waals surface area contributed by atoms with Crippen LogP contribution in [0.25, 0.3) is 0 Å². The van der Waals surface area contributed by atoms with Crippen LogP contribution in [0.1, 0.15) is 16.7 Å². The first-order valence-corrected chi connectivity index (χ1v) is 8.84. The van der Waals surface area contributed by atoms with E-state index in [0.29, 0.717) is 6.42 Å². The third-order valence-corrected chi connectivity index (χ3v) is 4.88. The Morgan fingerprint density at radius 2 is 1.68 bits per heavy atom. The number of benzene rings is 2. The predicted molar refractivity (Wildman–Crippen MR) is 88.0 cm³/mol. The van der Waals surface area contributed by atoms with E-state index in [1.807, 2.05) is 55.5 Å². The average molecular weight is 319 g/mol. The summed E-state index contributed by atoms with van der Waals surface area (Å²) in [6.45, 7) is 1.65. The molecule has 2 rings (SSSR count). The van der Waals surface area contributed by atoms with Crippen molar-refractivity contribution in [3.63, 3.8) is 0 Å². The maximum absolute atomic E-state index is 12.3. The van der Waals surface area contributed by atoms with Gasteiger partial charge >= 0.3 is 0 Å². The van der Waals surface area contributed by atoms with Crippen molar-refractivity contribution in [3.05, 3.63) is 71.3 Å². The Bertz CT molecular complexity index is 699. The van der Waals surface area contributed by atoms with Gasteiger partial charge in [0, 0.05) is 6.04 Å². The summed E-state index contributed by atoms with van der Waals surface area (Å²) >= 11 is 0. The molecule has 0 fully saturated rings. The van der Waals surface area contributed by atoms with Gasteiger partial charge in [-0.25, -0.2) is 13.1 Å². The zero-order valence-electron chi connectivity index (χ0n) is 12.6.